The van der Waals surface area contributed by atoms with Crippen LogP contribution in [0.3, 0.4) is 0 Å². The summed E-state index contributed by atoms with van der Waals surface area (Å²) >= 11 is 0. The van der Waals surface area contributed by atoms with E-state index in [0.717, 1.165) is 7.05 Å². The minimum absolute atomic E-state index is 0.556. The number of halogens is 5. The van der Waals surface area contributed by atoms with Crippen LogP contribution in [0.1, 0.15) is 25.7 Å². The van der Waals surface area contributed by atoms with Gasteiger partial charge in [0, 0.05) is 12.8 Å². The first-order chi connectivity index (χ1) is 6.22. The van der Waals surface area contributed by atoms with E-state index in [-0.39, 0.29) is 0 Å². The van der Waals surface area contributed by atoms with Crippen LogP contribution in [-0.2, 0) is 0 Å². The first-order valence-electron chi connectivity index (χ1n) is 4.36. The molecule has 0 bridgehead atoms. The lowest BCUT2D eigenvalue weighted by molar-refractivity contribution is -0.217. The van der Waals surface area contributed by atoms with Crippen LogP contribution < -0.4 is 5.32 Å². The molecule has 0 spiro atoms. The Kier molecular flexibility index (Phi) is 2.77. The summed E-state index contributed by atoms with van der Waals surface area (Å²) in [7, 11) is 1.16. The van der Waals surface area contributed by atoms with Gasteiger partial charge in [0.2, 0.25) is 5.92 Å². The molecule has 0 heterocycles. The normalized spacial score (nSPS) is 26.1. The summed E-state index contributed by atoms with van der Waals surface area (Å²) in [6.07, 6.45) is -6.97. The SMILES string of the molecule is CNC1(C(F)(F)F)CCC(F)(F)CC1. The van der Waals surface area contributed by atoms with Crippen LogP contribution in [0, 0.1) is 0 Å². The van der Waals surface area contributed by atoms with Crippen LogP contribution in [0.5, 0.6) is 0 Å². The summed E-state index contributed by atoms with van der Waals surface area (Å²) in [6, 6.07) is 0. The van der Waals surface area contributed by atoms with E-state index < -0.39 is 43.3 Å². The molecule has 0 atom stereocenters. The Balaban J connectivity index is 2.77. The summed E-state index contributed by atoms with van der Waals surface area (Å²) in [4.78, 5) is 0. The molecule has 0 aromatic carbocycles. The minimum atomic E-state index is -4.46. The topological polar surface area (TPSA) is 12.0 Å². The zero-order valence-corrected chi connectivity index (χ0v) is 7.72. The molecule has 0 saturated heterocycles. The molecule has 0 amide bonds. The van der Waals surface area contributed by atoms with E-state index in [1.165, 1.54) is 0 Å². The molecule has 0 aromatic rings. The van der Waals surface area contributed by atoms with E-state index in [1.54, 1.807) is 0 Å². The van der Waals surface area contributed by atoms with Crippen molar-refractivity contribution in [2.45, 2.75) is 43.3 Å². The third-order valence-electron chi connectivity index (χ3n) is 2.86. The standard InChI is InChI=1S/C8H12F5N/c1-14-6(8(11,12)13)2-4-7(9,10)5-3-6/h14H,2-5H2,1H3. The van der Waals surface area contributed by atoms with Crippen molar-refractivity contribution >= 4 is 0 Å². The number of rotatable bonds is 1. The Labute approximate surface area is 78.7 Å². The molecule has 1 fully saturated rings. The van der Waals surface area contributed by atoms with Gasteiger partial charge in [-0.1, -0.05) is 0 Å². The van der Waals surface area contributed by atoms with Gasteiger partial charge in [0.1, 0.15) is 5.54 Å². The molecule has 1 aliphatic carbocycles. The summed E-state index contributed by atoms with van der Waals surface area (Å²) in [5.74, 6) is -2.94. The van der Waals surface area contributed by atoms with Gasteiger partial charge in [-0.3, -0.25) is 0 Å². The molecule has 0 aromatic heterocycles. The van der Waals surface area contributed by atoms with E-state index in [2.05, 4.69) is 5.32 Å². The van der Waals surface area contributed by atoms with Gasteiger partial charge in [0.25, 0.3) is 0 Å². The number of hydrogen-bond donors (Lipinski definition) is 1. The van der Waals surface area contributed by atoms with Gasteiger partial charge in [-0.25, -0.2) is 8.78 Å². The van der Waals surface area contributed by atoms with Crippen LogP contribution in [-0.4, -0.2) is 24.7 Å². The van der Waals surface area contributed by atoms with E-state index in [4.69, 9.17) is 0 Å². The highest BCUT2D eigenvalue weighted by Crippen LogP contribution is 2.45. The number of alkyl halides is 5. The van der Waals surface area contributed by atoms with Crippen LogP contribution in [0.2, 0.25) is 0 Å². The van der Waals surface area contributed by atoms with Crippen LogP contribution in [0.4, 0.5) is 22.0 Å². The van der Waals surface area contributed by atoms with E-state index in [1.807, 2.05) is 0 Å². The highest BCUT2D eigenvalue weighted by atomic mass is 19.4. The molecule has 0 unspecified atom stereocenters. The average Bonchev–Trinajstić information content (AvgIpc) is 2.03. The number of hydrogen-bond acceptors (Lipinski definition) is 1. The quantitative estimate of drug-likeness (QED) is 0.666. The first kappa shape index (κ1) is 11.7. The van der Waals surface area contributed by atoms with Gasteiger partial charge in [0.15, 0.2) is 0 Å². The van der Waals surface area contributed by atoms with Crippen molar-refractivity contribution in [3.8, 4) is 0 Å². The minimum Gasteiger partial charge on any atom is -0.307 e. The zero-order chi connectivity index (χ0) is 11.0. The predicted molar refractivity (Wildman–Crippen MR) is 41.3 cm³/mol. The fraction of sp³-hybridized carbons (Fsp3) is 1.00. The molecule has 14 heavy (non-hydrogen) atoms. The molecule has 1 saturated carbocycles. The Hall–Kier alpha value is -0.390. The molecular weight excluding hydrogens is 205 g/mol. The summed E-state index contributed by atoms with van der Waals surface area (Å²) in [6.45, 7) is 0. The zero-order valence-electron chi connectivity index (χ0n) is 7.72. The molecule has 0 aliphatic heterocycles. The van der Waals surface area contributed by atoms with Gasteiger partial charge < -0.3 is 5.32 Å². The predicted octanol–water partition coefficient (Wildman–Crippen LogP) is 2.72. The summed E-state index contributed by atoms with van der Waals surface area (Å²) in [5.41, 5.74) is -2.12. The van der Waals surface area contributed by atoms with Crippen molar-refractivity contribution < 1.29 is 22.0 Å². The van der Waals surface area contributed by atoms with Gasteiger partial charge in [-0.2, -0.15) is 13.2 Å². The van der Waals surface area contributed by atoms with E-state index in [0.29, 0.717) is 0 Å². The van der Waals surface area contributed by atoms with E-state index in [9.17, 15) is 22.0 Å². The second-order valence-corrected chi connectivity index (χ2v) is 3.69. The molecule has 1 N–H and O–H groups in total. The lowest BCUT2D eigenvalue weighted by atomic mass is 9.79. The van der Waals surface area contributed by atoms with Crippen molar-refractivity contribution in [2.75, 3.05) is 7.05 Å². The third kappa shape index (κ3) is 1.99. The Morgan fingerprint density at radius 2 is 1.43 bits per heavy atom. The van der Waals surface area contributed by atoms with Crippen LogP contribution >= 0.6 is 0 Å². The molecule has 1 aliphatic rings. The second-order valence-electron chi connectivity index (χ2n) is 3.69. The van der Waals surface area contributed by atoms with Crippen LogP contribution in [0.15, 0.2) is 0 Å². The van der Waals surface area contributed by atoms with Crippen molar-refractivity contribution in [3.63, 3.8) is 0 Å². The van der Waals surface area contributed by atoms with Crippen molar-refractivity contribution in [3.05, 3.63) is 0 Å². The maximum atomic E-state index is 12.7. The monoisotopic (exact) mass is 217 g/mol. The maximum absolute atomic E-state index is 12.7. The van der Waals surface area contributed by atoms with Gasteiger partial charge >= 0.3 is 6.18 Å². The van der Waals surface area contributed by atoms with Crippen LogP contribution in [0.25, 0.3) is 0 Å². The molecular formula is C8H12F5N. The largest absolute Gasteiger partial charge is 0.406 e. The summed E-state index contributed by atoms with van der Waals surface area (Å²) in [5, 5.41) is 2.14. The molecule has 84 valence electrons. The fourth-order valence-corrected chi connectivity index (χ4v) is 1.72. The highest BCUT2D eigenvalue weighted by Gasteiger charge is 2.57. The van der Waals surface area contributed by atoms with Crippen molar-refractivity contribution in [1.82, 2.24) is 5.32 Å². The fourth-order valence-electron chi connectivity index (χ4n) is 1.72. The highest BCUT2D eigenvalue weighted by molar-refractivity contribution is 4.99. The first-order valence-corrected chi connectivity index (χ1v) is 4.36. The van der Waals surface area contributed by atoms with Crippen molar-refractivity contribution in [1.29, 1.82) is 0 Å². The molecule has 1 nitrogen and oxygen atoms in total. The van der Waals surface area contributed by atoms with E-state index >= 15 is 0 Å². The molecule has 6 heteroatoms. The summed E-state index contributed by atoms with van der Waals surface area (Å²) < 4.78 is 63.0. The second kappa shape index (κ2) is 3.32. The Morgan fingerprint density at radius 3 is 1.71 bits per heavy atom. The molecule has 1 rings (SSSR count). The lowest BCUT2D eigenvalue weighted by Crippen LogP contribution is -2.58. The van der Waals surface area contributed by atoms with Gasteiger partial charge in [-0.05, 0) is 19.9 Å². The third-order valence-corrected chi connectivity index (χ3v) is 2.86. The van der Waals surface area contributed by atoms with Crippen molar-refractivity contribution in [2.24, 2.45) is 0 Å². The Morgan fingerprint density at radius 1 is 1.00 bits per heavy atom. The maximum Gasteiger partial charge on any atom is 0.406 e. The number of nitrogens with one attached hydrogen (secondary N) is 1. The Bertz CT molecular complexity index is 200. The molecule has 0 radical (unpaired) electrons. The van der Waals surface area contributed by atoms with Gasteiger partial charge in [-0.15, -0.1) is 0 Å². The average molecular weight is 217 g/mol. The smallest absolute Gasteiger partial charge is 0.307 e. The lowest BCUT2D eigenvalue weighted by Gasteiger charge is -2.41. The van der Waals surface area contributed by atoms with Gasteiger partial charge in [0.05, 0.1) is 0 Å².